The van der Waals surface area contributed by atoms with Gasteiger partial charge in [-0.1, -0.05) is 50.1 Å². The summed E-state index contributed by atoms with van der Waals surface area (Å²) in [7, 11) is -3.17. The number of halogens is 3. The monoisotopic (exact) mass is 714 g/mol. The van der Waals surface area contributed by atoms with Gasteiger partial charge in [-0.2, -0.15) is 18.3 Å². The van der Waals surface area contributed by atoms with Crippen LogP contribution in [-0.4, -0.2) is 73.0 Å². The topological polar surface area (TPSA) is 177 Å². The van der Waals surface area contributed by atoms with E-state index in [1.54, 1.807) is 42.8 Å². The van der Waals surface area contributed by atoms with E-state index in [4.69, 9.17) is 14.3 Å². The molecule has 49 heavy (non-hydrogen) atoms. The van der Waals surface area contributed by atoms with Crippen LogP contribution in [0.5, 0.6) is 0 Å². The van der Waals surface area contributed by atoms with Crippen molar-refractivity contribution in [3.05, 3.63) is 71.1 Å². The molecule has 0 spiro atoms. The van der Waals surface area contributed by atoms with Crippen molar-refractivity contribution in [3.63, 3.8) is 0 Å². The van der Waals surface area contributed by atoms with Gasteiger partial charge in [0.1, 0.15) is 12.6 Å². The third-order valence-electron chi connectivity index (χ3n) is 7.18. The number of nitrogens with one attached hydrogen (secondary N) is 1. The summed E-state index contributed by atoms with van der Waals surface area (Å²) in [5, 5.41) is 20.6. The van der Waals surface area contributed by atoms with Crippen molar-refractivity contribution < 1.29 is 55.2 Å². The Balaban J connectivity index is 1.71. The molecule has 0 bridgehead atoms. The number of hydrogen-bond acceptors (Lipinski definition) is 11. The average molecular weight is 715 g/mol. The van der Waals surface area contributed by atoms with E-state index < -0.39 is 53.1 Å². The Morgan fingerprint density at radius 2 is 1.71 bits per heavy atom. The number of hydrogen-bond donors (Lipinski definition) is 1. The van der Waals surface area contributed by atoms with Crippen LogP contribution in [0.2, 0.25) is 0 Å². The first-order valence-corrected chi connectivity index (χ1v) is 16.4. The first kappa shape index (κ1) is 38.4. The normalized spacial score (nSPS) is 13.9. The predicted octanol–water partition coefficient (Wildman–Crippen LogP) is 5.96. The molecule has 0 saturated heterocycles. The summed E-state index contributed by atoms with van der Waals surface area (Å²) < 4.78 is 83.9. The minimum absolute atomic E-state index is 0.0446. The number of sulfonamides is 1. The van der Waals surface area contributed by atoms with E-state index in [2.05, 4.69) is 15.1 Å². The number of nitrogens with zero attached hydrogens (tertiary/aromatic N) is 5. The zero-order chi connectivity index (χ0) is 36.5. The molecule has 1 aromatic heterocycles. The molecule has 3 aromatic rings. The highest BCUT2D eigenvalue weighted by molar-refractivity contribution is 7.90. The first-order chi connectivity index (χ1) is 23.0. The lowest BCUT2D eigenvalue weighted by atomic mass is 10.00. The molecule has 1 unspecified atom stereocenters. The molecule has 0 saturated carbocycles. The van der Waals surface area contributed by atoms with Crippen molar-refractivity contribution in [1.82, 2.24) is 19.5 Å². The number of carbonyl (C=O) groups excluding carboxylic acids is 2. The fourth-order valence-corrected chi connectivity index (χ4v) is 5.18. The number of benzene rings is 2. The van der Waals surface area contributed by atoms with E-state index in [1.807, 2.05) is 13.8 Å². The number of aromatic nitrogens is 2. The maximum atomic E-state index is 13.5. The van der Waals surface area contributed by atoms with Crippen LogP contribution in [0.1, 0.15) is 45.4 Å². The SMILES string of the molecule is CCOC(=O)OC(C)O/N=[N+](\[O-])N(C)[C@H](COC(=O)NS(=O)(=O)c1ccc(-n2nc(C(F)(F)F)cc2-c2ccc(C)cc2)cc1)[C@H](C)CC. The van der Waals surface area contributed by atoms with Gasteiger partial charge < -0.3 is 19.4 Å². The van der Waals surface area contributed by atoms with Crippen LogP contribution in [0.15, 0.2) is 64.8 Å². The Bertz CT molecular complexity index is 1720. The number of amides is 1. The van der Waals surface area contributed by atoms with Crippen LogP contribution in [0.4, 0.5) is 22.8 Å². The second kappa shape index (κ2) is 16.4. The highest BCUT2D eigenvalue weighted by Crippen LogP contribution is 2.33. The maximum Gasteiger partial charge on any atom is 0.511 e. The molecule has 1 amide bonds. The number of alkyl halides is 3. The van der Waals surface area contributed by atoms with E-state index in [-0.39, 0.29) is 33.8 Å². The van der Waals surface area contributed by atoms with Crippen LogP contribution < -0.4 is 4.72 Å². The minimum Gasteiger partial charge on any atom is -0.569 e. The molecule has 268 valence electrons. The van der Waals surface area contributed by atoms with Gasteiger partial charge in [0.05, 0.1) is 34.9 Å². The zero-order valence-corrected chi connectivity index (χ0v) is 28.3. The molecule has 0 radical (unpaired) electrons. The molecule has 0 aliphatic rings. The number of rotatable bonds is 14. The quantitative estimate of drug-likeness (QED) is 0.0686. The fraction of sp³-hybridized carbons (Fsp3) is 0.433. The number of aryl methyl sites for hydroxylation is 1. The lowest BCUT2D eigenvalue weighted by molar-refractivity contribution is -0.716. The van der Waals surface area contributed by atoms with Gasteiger partial charge in [-0.15, -0.1) is 5.01 Å². The molecule has 19 heteroatoms. The average Bonchev–Trinajstić information content (AvgIpc) is 3.50. The second-order valence-electron chi connectivity index (χ2n) is 10.7. The number of hydrazine groups is 1. The van der Waals surface area contributed by atoms with Crippen molar-refractivity contribution in [3.8, 4) is 16.9 Å². The molecule has 1 heterocycles. The van der Waals surface area contributed by atoms with Crippen LogP contribution in [0.3, 0.4) is 0 Å². The van der Waals surface area contributed by atoms with Gasteiger partial charge in [0, 0.05) is 12.5 Å². The first-order valence-electron chi connectivity index (χ1n) is 14.9. The number of carbonyl (C=O) groups is 2. The Hall–Kier alpha value is -5.07. The van der Waals surface area contributed by atoms with Crippen molar-refractivity contribution in [1.29, 1.82) is 0 Å². The predicted molar refractivity (Wildman–Crippen MR) is 166 cm³/mol. The van der Waals surface area contributed by atoms with Crippen molar-refractivity contribution in [2.45, 2.75) is 64.4 Å². The third-order valence-corrected chi connectivity index (χ3v) is 8.51. The second-order valence-corrected chi connectivity index (χ2v) is 12.4. The van der Waals surface area contributed by atoms with Gasteiger partial charge in [0.15, 0.2) is 5.69 Å². The van der Waals surface area contributed by atoms with Gasteiger partial charge >= 0.3 is 18.4 Å². The van der Waals surface area contributed by atoms with E-state index >= 15 is 0 Å². The van der Waals surface area contributed by atoms with Crippen LogP contribution in [0.25, 0.3) is 16.9 Å². The molecular formula is C30H37F3N6O9S. The fourth-order valence-electron chi connectivity index (χ4n) is 4.28. The van der Waals surface area contributed by atoms with E-state index in [1.165, 1.54) is 26.1 Å². The lowest BCUT2D eigenvalue weighted by Gasteiger charge is -2.28. The summed E-state index contributed by atoms with van der Waals surface area (Å²) in [6.07, 6.45) is -7.85. The van der Waals surface area contributed by atoms with Gasteiger partial charge in [-0.25, -0.2) is 27.4 Å². The summed E-state index contributed by atoms with van der Waals surface area (Å²) in [5.74, 6) is -0.272. The van der Waals surface area contributed by atoms with Crippen molar-refractivity contribution in [2.24, 2.45) is 11.2 Å². The van der Waals surface area contributed by atoms with Crippen molar-refractivity contribution >= 4 is 22.3 Å². The Kier molecular flexibility index (Phi) is 12.8. The highest BCUT2D eigenvalue weighted by atomic mass is 32.2. The Morgan fingerprint density at radius 3 is 2.29 bits per heavy atom. The van der Waals surface area contributed by atoms with Gasteiger partial charge in [0.2, 0.25) is 5.28 Å². The number of ether oxygens (including phenoxy) is 3. The molecular weight excluding hydrogens is 677 g/mol. The van der Waals surface area contributed by atoms with Gasteiger partial charge in [-0.05, 0) is 50.1 Å². The molecule has 3 rings (SSSR count). The van der Waals surface area contributed by atoms with E-state index in [0.717, 1.165) is 33.5 Å². The summed E-state index contributed by atoms with van der Waals surface area (Å²) >= 11 is 0. The smallest absolute Gasteiger partial charge is 0.511 e. The molecule has 0 aliphatic heterocycles. The van der Waals surface area contributed by atoms with Crippen LogP contribution >= 0.6 is 0 Å². The zero-order valence-electron chi connectivity index (χ0n) is 27.5. The summed E-state index contributed by atoms with van der Waals surface area (Å²) in [6, 6.07) is 11.5. The van der Waals surface area contributed by atoms with Crippen LogP contribution in [-0.2, 0) is 35.2 Å². The molecule has 3 atom stereocenters. The molecule has 0 aliphatic carbocycles. The number of likely N-dealkylation sites (N-methyl/N-ethyl adjacent to an activating group) is 1. The Morgan fingerprint density at radius 1 is 1.08 bits per heavy atom. The maximum absolute atomic E-state index is 13.5. The summed E-state index contributed by atoms with van der Waals surface area (Å²) in [6.45, 7) is 7.88. The Labute approximate surface area is 280 Å². The molecule has 1 N–H and O–H groups in total. The van der Waals surface area contributed by atoms with Gasteiger partial charge in [-0.3, -0.25) is 4.84 Å². The standard InChI is InChI=1S/C30H37F3N6O9S/c1-7-20(4)26(37(6)39(42)36-48-21(5)47-29(41)45-8-2)18-46-28(40)35-49(43,44)24-15-13-23(14-16-24)38-25(17-27(34-38)30(31,32)33)22-11-9-19(3)10-12-22/h9-17,20-21,26H,7-8,18H2,1-6H3,(H,35,40)/b39-36-/t20-,21?,26-/m1/s1. The lowest BCUT2D eigenvalue weighted by Crippen LogP contribution is -2.45. The highest BCUT2D eigenvalue weighted by Gasteiger charge is 2.35. The van der Waals surface area contributed by atoms with E-state index in [0.29, 0.717) is 12.0 Å². The largest absolute Gasteiger partial charge is 0.569 e. The minimum atomic E-state index is -4.73. The van der Waals surface area contributed by atoms with Gasteiger partial charge in [0.25, 0.3) is 16.3 Å². The summed E-state index contributed by atoms with van der Waals surface area (Å²) in [4.78, 5) is 28.5. The molecule has 2 aromatic carbocycles. The summed E-state index contributed by atoms with van der Waals surface area (Å²) in [5.41, 5.74) is 0.474. The third kappa shape index (κ3) is 10.5. The van der Waals surface area contributed by atoms with Crippen molar-refractivity contribution in [2.75, 3.05) is 20.3 Å². The van der Waals surface area contributed by atoms with E-state index in [9.17, 15) is 36.4 Å². The molecule has 0 fully saturated rings. The molecule has 15 nitrogen and oxygen atoms in total. The van der Waals surface area contributed by atoms with Crippen LogP contribution in [0, 0.1) is 18.0 Å².